The van der Waals surface area contributed by atoms with E-state index in [0.717, 1.165) is 17.9 Å². The minimum atomic E-state index is -0.148. The van der Waals surface area contributed by atoms with Crippen molar-refractivity contribution in [1.29, 1.82) is 0 Å². The molecule has 0 saturated carbocycles. The van der Waals surface area contributed by atoms with Crippen molar-refractivity contribution in [3.8, 4) is 0 Å². The zero-order chi connectivity index (χ0) is 14.0. The Bertz CT molecular complexity index is 221. The first-order valence-corrected chi connectivity index (χ1v) is 7.36. The van der Waals surface area contributed by atoms with E-state index >= 15 is 0 Å². The molecule has 0 fully saturated rings. The van der Waals surface area contributed by atoms with Crippen molar-refractivity contribution >= 4 is 5.91 Å². The lowest BCUT2D eigenvalue weighted by Gasteiger charge is -2.17. The van der Waals surface area contributed by atoms with Gasteiger partial charge in [-0.25, -0.2) is 5.06 Å². The van der Waals surface area contributed by atoms with E-state index in [0.29, 0.717) is 18.4 Å². The molecule has 0 aliphatic carbocycles. The lowest BCUT2D eigenvalue weighted by atomic mass is 9.89. The minimum Gasteiger partial charge on any atom is -0.286 e. The molecule has 0 aromatic rings. The predicted octanol–water partition coefficient (Wildman–Crippen LogP) is 4.39. The van der Waals surface area contributed by atoms with E-state index in [9.17, 15) is 4.79 Å². The summed E-state index contributed by atoms with van der Waals surface area (Å²) in [7, 11) is 0. The van der Waals surface area contributed by atoms with Gasteiger partial charge in [0.05, 0.1) is 0 Å². The van der Waals surface area contributed by atoms with E-state index in [4.69, 9.17) is 5.21 Å². The summed E-state index contributed by atoms with van der Waals surface area (Å²) in [5, 5.41) is 9.97. The second kappa shape index (κ2) is 9.37. The van der Waals surface area contributed by atoms with E-state index in [1.165, 1.54) is 32.1 Å². The first-order valence-electron chi connectivity index (χ1n) is 7.36. The van der Waals surface area contributed by atoms with Crippen LogP contribution in [0.5, 0.6) is 0 Å². The molecule has 3 heteroatoms. The summed E-state index contributed by atoms with van der Waals surface area (Å²) in [5.74, 6) is -0.148. The lowest BCUT2D eigenvalue weighted by Crippen LogP contribution is -2.26. The second-order valence-corrected chi connectivity index (χ2v) is 6.29. The Kier molecular flexibility index (Phi) is 9.08. The van der Waals surface area contributed by atoms with Crippen LogP contribution in [0.2, 0.25) is 0 Å². The van der Waals surface area contributed by atoms with Gasteiger partial charge >= 0.3 is 0 Å². The SMILES string of the molecule is CCN(O)C(=O)CCCCCCCCC(C)(C)C. The van der Waals surface area contributed by atoms with E-state index < -0.39 is 0 Å². The van der Waals surface area contributed by atoms with Gasteiger partial charge in [-0.05, 0) is 25.2 Å². The average Bonchev–Trinajstić information content (AvgIpc) is 2.29. The predicted molar refractivity (Wildman–Crippen MR) is 75.6 cm³/mol. The quantitative estimate of drug-likeness (QED) is 0.378. The van der Waals surface area contributed by atoms with Gasteiger partial charge in [0.2, 0.25) is 5.91 Å². The highest BCUT2D eigenvalue weighted by Crippen LogP contribution is 2.22. The van der Waals surface area contributed by atoms with Crippen molar-refractivity contribution in [2.24, 2.45) is 5.41 Å². The van der Waals surface area contributed by atoms with Crippen LogP contribution in [0.1, 0.15) is 79.1 Å². The van der Waals surface area contributed by atoms with Gasteiger partial charge in [-0.3, -0.25) is 10.0 Å². The summed E-state index contributed by atoms with van der Waals surface area (Å²) in [4.78, 5) is 11.3. The Morgan fingerprint density at radius 3 is 2.00 bits per heavy atom. The summed E-state index contributed by atoms with van der Waals surface area (Å²) < 4.78 is 0. The van der Waals surface area contributed by atoms with Crippen LogP contribution < -0.4 is 0 Å². The smallest absolute Gasteiger partial charge is 0.245 e. The molecule has 108 valence electrons. The molecular weight excluding hydrogens is 226 g/mol. The van der Waals surface area contributed by atoms with Gasteiger partial charge in [-0.15, -0.1) is 0 Å². The maximum atomic E-state index is 11.3. The van der Waals surface area contributed by atoms with Crippen LogP contribution >= 0.6 is 0 Å². The standard InChI is InChI=1S/C15H31NO2/c1-5-16(18)14(17)12-10-8-6-7-9-11-13-15(2,3)4/h18H,5-13H2,1-4H3. The monoisotopic (exact) mass is 257 g/mol. The maximum absolute atomic E-state index is 11.3. The van der Waals surface area contributed by atoms with Gasteiger partial charge in [0.1, 0.15) is 0 Å². The molecule has 0 heterocycles. The topological polar surface area (TPSA) is 40.5 Å². The molecule has 1 N–H and O–H groups in total. The highest BCUT2D eigenvalue weighted by Gasteiger charge is 2.09. The number of rotatable bonds is 9. The summed E-state index contributed by atoms with van der Waals surface area (Å²) in [6.45, 7) is 9.01. The summed E-state index contributed by atoms with van der Waals surface area (Å²) >= 11 is 0. The van der Waals surface area contributed by atoms with Crippen LogP contribution in [0.15, 0.2) is 0 Å². The van der Waals surface area contributed by atoms with Crippen molar-refractivity contribution in [3.05, 3.63) is 0 Å². The number of amides is 1. The number of nitrogens with zero attached hydrogens (tertiary/aromatic N) is 1. The lowest BCUT2D eigenvalue weighted by molar-refractivity contribution is -0.164. The van der Waals surface area contributed by atoms with Crippen LogP contribution in [0.4, 0.5) is 0 Å². The van der Waals surface area contributed by atoms with Crippen LogP contribution in [0.3, 0.4) is 0 Å². The van der Waals surface area contributed by atoms with Gasteiger partial charge in [-0.1, -0.05) is 52.9 Å². The number of carbonyl (C=O) groups is 1. The van der Waals surface area contributed by atoms with Crippen molar-refractivity contribution in [3.63, 3.8) is 0 Å². The van der Waals surface area contributed by atoms with E-state index in [2.05, 4.69) is 20.8 Å². The molecule has 0 saturated heterocycles. The molecule has 0 aromatic heterocycles. The van der Waals surface area contributed by atoms with E-state index in [1.54, 1.807) is 6.92 Å². The summed E-state index contributed by atoms with van der Waals surface area (Å²) in [5.41, 5.74) is 0.456. The Balaban J connectivity index is 3.29. The fourth-order valence-electron chi connectivity index (χ4n) is 1.94. The van der Waals surface area contributed by atoms with Crippen molar-refractivity contribution in [2.75, 3.05) is 6.54 Å². The normalized spacial score (nSPS) is 11.6. The molecule has 3 nitrogen and oxygen atoms in total. The van der Waals surface area contributed by atoms with Crippen LogP contribution in [0, 0.1) is 5.41 Å². The molecular formula is C15H31NO2. The Morgan fingerprint density at radius 2 is 1.50 bits per heavy atom. The highest BCUT2D eigenvalue weighted by atomic mass is 16.5. The van der Waals surface area contributed by atoms with Crippen molar-refractivity contribution in [1.82, 2.24) is 5.06 Å². The Hall–Kier alpha value is -0.570. The van der Waals surface area contributed by atoms with Crippen molar-refractivity contribution < 1.29 is 10.0 Å². The fourth-order valence-corrected chi connectivity index (χ4v) is 1.94. The zero-order valence-electron chi connectivity index (χ0n) is 12.7. The zero-order valence-corrected chi connectivity index (χ0v) is 12.7. The van der Waals surface area contributed by atoms with Gasteiger partial charge in [0.15, 0.2) is 0 Å². The summed E-state index contributed by atoms with van der Waals surface area (Å²) in [6.07, 6.45) is 8.84. The number of carbonyl (C=O) groups excluding carboxylic acids is 1. The van der Waals surface area contributed by atoms with Gasteiger partial charge < -0.3 is 0 Å². The maximum Gasteiger partial charge on any atom is 0.245 e. The molecule has 1 amide bonds. The van der Waals surface area contributed by atoms with Crippen molar-refractivity contribution in [2.45, 2.75) is 79.1 Å². The molecule has 0 rings (SSSR count). The minimum absolute atomic E-state index is 0.148. The molecule has 0 aliphatic heterocycles. The first kappa shape index (κ1) is 17.4. The van der Waals surface area contributed by atoms with Crippen LogP contribution in [-0.2, 0) is 4.79 Å². The number of unbranched alkanes of at least 4 members (excludes halogenated alkanes) is 5. The molecule has 0 bridgehead atoms. The molecule has 18 heavy (non-hydrogen) atoms. The van der Waals surface area contributed by atoms with Crippen LogP contribution in [0.25, 0.3) is 0 Å². The Morgan fingerprint density at radius 1 is 1.00 bits per heavy atom. The molecule has 0 radical (unpaired) electrons. The van der Waals surface area contributed by atoms with Gasteiger partial charge in [-0.2, -0.15) is 0 Å². The molecule has 0 spiro atoms. The molecule has 0 unspecified atom stereocenters. The Labute approximate surface area is 113 Å². The highest BCUT2D eigenvalue weighted by molar-refractivity contribution is 5.74. The van der Waals surface area contributed by atoms with E-state index in [-0.39, 0.29) is 5.91 Å². The largest absolute Gasteiger partial charge is 0.286 e. The number of hydrogen-bond acceptors (Lipinski definition) is 2. The third-order valence-electron chi connectivity index (χ3n) is 3.15. The van der Waals surface area contributed by atoms with E-state index in [1.807, 2.05) is 0 Å². The fraction of sp³-hybridized carbons (Fsp3) is 0.933. The average molecular weight is 257 g/mol. The van der Waals surface area contributed by atoms with Crippen LogP contribution in [-0.4, -0.2) is 22.7 Å². The third-order valence-corrected chi connectivity index (χ3v) is 3.15. The molecule has 0 atom stereocenters. The third kappa shape index (κ3) is 10.6. The second-order valence-electron chi connectivity index (χ2n) is 6.29. The molecule has 0 aliphatic rings. The first-order chi connectivity index (χ1) is 8.37. The van der Waals surface area contributed by atoms with Gasteiger partial charge in [0.25, 0.3) is 0 Å². The van der Waals surface area contributed by atoms with Gasteiger partial charge in [0, 0.05) is 13.0 Å². The number of hydrogen-bond donors (Lipinski definition) is 1. The molecule has 0 aromatic carbocycles. The summed E-state index contributed by atoms with van der Waals surface area (Å²) in [6, 6.07) is 0. The number of hydroxylamine groups is 2.